The number of nitrogens with two attached hydrogens (primary N) is 4. The van der Waals surface area contributed by atoms with Crippen LogP contribution in [0.4, 0.5) is 13.2 Å². The molecule has 0 aromatic carbocycles. The van der Waals surface area contributed by atoms with E-state index < -0.39 is 110 Å². The second-order valence-corrected chi connectivity index (χ2v) is 10.3. The first kappa shape index (κ1) is 44.2. The summed E-state index contributed by atoms with van der Waals surface area (Å²) in [5.41, 5.74) is 20.9. The minimum absolute atomic E-state index is 0.0386. The lowest BCUT2D eigenvalue weighted by Gasteiger charge is -2.28. The summed E-state index contributed by atoms with van der Waals surface area (Å²) in [5, 5.41) is 34.6. The fraction of sp³-hybridized carbons (Fsp3) is 0.600. The minimum Gasteiger partial charge on any atom is -0.481 e. The highest BCUT2D eigenvalue weighted by molar-refractivity contribution is 5.97. The first-order chi connectivity index (χ1) is 23.1. The van der Waals surface area contributed by atoms with E-state index in [-0.39, 0.29) is 38.3 Å². The number of carboxylic acids is 3. The normalized spacial score (nSPS) is 15.4. The maximum Gasteiger partial charge on any atom is 0.490 e. The third kappa shape index (κ3) is 17.4. The van der Waals surface area contributed by atoms with Crippen molar-refractivity contribution in [2.45, 2.75) is 68.9 Å². The van der Waals surface area contributed by atoms with E-state index in [1.165, 1.54) is 0 Å². The Labute approximate surface area is 280 Å². The van der Waals surface area contributed by atoms with Gasteiger partial charge in [-0.25, -0.2) is 9.59 Å². The van der Waals surface area contributed by atoms with Gasteiger partial charge in [0.25, 0.3) is 0 Å². The standard InChI is InChI=1S/C23H38N10O10.C2HF3O2/c24-9-16(35)30-11(3-1-5-28-23(26)27)19(39)29-10-17(36)31-12(8-18(37)38)20(40)32-13(7-15(25)34)21(41)33-6-2-4-14(33)22(42)43;3-2(4,5)1(6)7/h11-14H,1-10,24H2,(H2,25,34)(H,29,39)(H,30,35)(H,31,36)(H,32,40)(H,37,38)(H,42,43)(H4,26,27,28);(H,6,7)/t11-,12-,13-,14-;/m0./s1. The number of alkyl halides is 3. The monoisotopic (exact) mass is 728 g/mol. The van der Waals surface area contributed by atoms with Gasteiger partial charge in [-0.3, -0.25) is 38.6 Å². The van der Waals surface area contributed by atoms with E-state index in [1.54, 1.807) is 0 Å². The van der Waals surface area contributed by atoms with E-state index >= 15 is 0 Å². The summed E-state index contributed by atoms with van der Waals surface area (Å²) in [5.74, 6) is -11.3. The Bertz CT molecular complexity index is 1310. The number of carbonyl (C=O) groups excluding carboxylic acids is 6. The number of rotatable bonds is 18. The highest BCUT2D eigenvalue weighted by atomic mass is 19.4. The summed E-state index contributed by atoms with van der Waals surface area (Å²) in [6.07, 6.45) is -5.93. The molecule has 1 saturated heterocycles. The number of hydrogen-bond donors (Lipinski definition) is 11. The molecule has 0 radical (unpaired) electrons. The molecule has 22 nitrogen and oxygen atoms in total. The highest BCUT2D eigenvalue weighted by Crippen LogP contribution is 2.19. The number of nitrogens with zero attached hydrogens (tertiary/aromatic N) is 2. The molecule has 0 aromatic heterocycles. The summed E-state index contributed by atoms with van der Waals surface area (Å²) in [6.45, 7) is -0.983. The van der Waals surface area contributed by atoms with Crippen LogP contribution in [0.2, 0.25) is 0 Å². The van der Waals surface area contributed by atoms with Crippen molar-refractivity contribution < 1.29 is 71.6 Å². The highest BCUT2D eigenvalue weighted by Gasteiger charge is 2.39. The van der Waals surface area contributed by atoms with Crippen LogP contribution in [-0.2, 0) is 43.2 Å². The van der Waals surface area contributed by atoms with Gasteiger partial charge in [0.15, 0.2) is 5.96 Å². The van der Waals surface area contributed by atoms with Crippen LogP contribution in [0, 0.1) is 0 Å². The molecule has 4 atom stereocenters. The molecular weight excluding hydrogens is 689 g/mol. The van der Waals surface area contributed by atoms with Crippen LogP contribution in [0.5, 0.6) is 0 Å². The van der Waals surface area contributed by atoms with Gasteiger partial charge in [-0.2, -0.15) is 13.2 Å². The molecule has 1 aliphatic rings. The number of carboxylic acid groups (broad SMARTS) is 3. The van der Waals surface area contributed by atoms with E-state index in [2.05, 4.69) is 26.3 Å². The van der Waals surface area contributed by atoms with Crippen LogP contribution in [-0.4, -0.2) is 136 Å². The Morgan fingerprint density at radius 2 is 1.42 bits per heavy atom. The molecule has 50 heavy (non-hydrogen) atoms. The summed E-state index contributed by atoms with van der Waals surface area (Å²) >= 11 is 0. The number of aliphatic carboxylic acids is 3. The summed E-state index contributed by atoms with van der Waals surface area (Å²) in [4.78, 5) is 111. The first-order valence-electron chi connectivity index (χ1n) is 14.4. The number of halogens is 3. The smallest absolute Gasteiger partial charge is 0.481 e. The maximum absolute atomic E-state index is 13.0. The van der Waals surface area contributed by atoms with Gasteiger partial charge in [-0.1, -0.05) is 0 Å². The van der Waals surface area contributed by atoms with E-state index in [4.69, 9.17) is 32.8 Å². The van der Waals surface area contributed by atoms with Crippen LogP contribution in [0.25, 0.3) is 0 Å². The summed E-state index contributed by atoms with van der Waals surface area (Å²) < 4.78 is 31.7. The molecule has 0 bridgehead atoms. The third-order valence-electron chi connectivity index (χ3n) is 6.32. The molecule has 0 saturated carbocycles. The SMILES string of the molecule is NCC(=O)N[C@@H](CCCN=C(N)N)C(=O)NCC(=O)N[C@@H](CC(=O)O)C(=O)N[C@@H](CC(N)=O)C(=O)N1CCC[C@H]1C(=O)O.O=C(O)C(F)(F)F. The van der Waals surface area contributed by atoms with Crippen LogP contribution < -0.4 is 44.2 Å². The lowest BCUT2D eigenvalue weighted by molar-refractivity contribution is -0.192. The molecule has 1 heterocycles. The van der Waals surface area contributed by atoms with Gasteiger partial charge in [0, 0.05) is 13.1 Å². The Morgan fingerprint density at radius 1 is 0.840 bits per heavy atom. The summed E-state index contributed by atoms with van der Waals surface area (Å²) in [7, 11) is 0. The second kappa shape index (κ2) is 21.3. The fourth-order valence-electron chi connectivity index (χ4n) is 4.11. The van der Waals surface area contributed by atoms with Crippen LogP contribution in [0.3, 0.4) is 0 Å². The molecular formula is C25H39F3N10O12. The molecule has 1 aliphatic heterocycles. The number of carbonyl (C=O) groups is 9. The molecule has 6 amide bonds. The number of likely N-dealkylation sites (tertiary alicyclic amines) is 1. The largest absolute Gasteiger partial charge is 0.490 e. The molecule has 282 valence electrons. The van der Waals surface area contributed by atoms with Crippen molar-refractivity contribution in [2.24, 2.45) is 27.9 Å². The summed E-state index contributed by atoms with van der Waals surface area (Å²) in [6, 6.07) is -5.73. The average Bonchev–Trinajstić information content (AvgIpc) is 3.50. The first-order valence-corrected chi connectivity index (χ1v) is 14.4. The van der Waals surface area contributed by atoms with Gasteiger partial charge < -0.3 is 64.4 Å². The van der Waals surface area contributed by atoms with Crippen LogP contribution in [0.15, 0.2) is 4.99 Å². The molecule has 25 heteroatoms. The van der Waals surface area contributed by atoms with Gasteiger partial charge in [0.1, 0.15) is 24.2 Å². The number of nitrogens with one attached hydrogen (secondary N) is 4. The number of guanidine groups is 1. The Balaban J connectivity index is 0.00000308. The second-order valence-electron chi connectivity index (χ2n) is 10.3. The van der Waals surface area contributed by atoms with Crippen LogP contribution >= 0.6 is 0 Å². The van der Waals surface area contributed by atoms with Gasteiger partial charge >= 0.3 is 24.1 Å². The molecule has 1 fully saturated rings. The van der Waals surface area contributed by atoms with E-state index in [9.17, 15) is 61.7 Å². The van der Waals surface area contributed by atoms with Crippen molar-refractivity contribution in [3.05, 3.63) is 0 Å². The lowest BCUT2D eigenvalue weighted by Crippen LogP contribution is -2.57. The van der Waals surface area contributed by atoms with E-state index in [1.807, 2.05) is 0 Å². The van der Waals surface area contributed by atoms with Crippen molar-refractivity contribution in [1.82, 2.24) is 26.2 Å². The van der Waals surface area contributed by atoms with Crippen molar-refractivity contribution in [2.75, 3.05) is 26.2 Å². The topological polar surface area (TPSA) is 382 Å². The van der Waals surface area contributed by atoms with Gasteiger partial charge in [-0.15, -0.1) is 0 Å². The Morgan fingerprint density at radius 3 is 1.90 bits per heavy atom. The predicted molar refractivity (Wildman–Crippen MR) is 160 cm³/mol. The Hall–Kier alpha value is -5.75. The van der Waals surface area contributed by atoms with Gasteiger partial charge in [0.05, 0.1) is 25.9 Å². The number of amides is 6. The minimum atomic E-state index is -5.08. The molecule has 1 rings (SSSR count). The van der Waals surface area contributed by atoms with Crippen molar-refractivity contribution in [3.63, 3.8) is 0 Å². The van der Waals surface area contributed by atoms with Crippen molar-refractivity contribution in [1.29, 1.82) is 0 Å². The predicted octanol–water partition coefficient (Wildman–Crippen LogP) is -5.37. The van der Waals surface area contributed by atoms with E-state index in [0.29, 0.717) is 6.42 Å². The van der Waals surface area contributed by atoms with E-state index in [0.717, 1.165) is 4.90 Å². The van der Waals surface area contributed by atoms with Crippen LogP contribution in [0.1, 0.15) is 38.5 Å². The third-order valence-corrected chi connectivity index (χ3v) is 6.32. The zero-order valence-electron chi connectivity index (χ0n) is 26.2. The maximum atomic E-state index is 13.0. The molecule has 0 aromatic rings. The Kier molecular flexibility index (Phi) is 18.8. The van der Waals surface area contributed by atoms with Crippen molar-refractivity contribution in [3.8, 4) is 0 Å². The molecule has 0 spiro atoms. The molecule has 0 unspecified atom stereocenters. The number of aliphatic imine (C=N–C) groups is 1. The van der Waals surface area contributed by atoms with Crippen molar-refractivity contribution >= 4 is 59.3 Å². The molecule has 0 aliphatic carbocycles. The average molecular weight is 729 g/mol. The zero-order chi connectivity index (χ0) is 38.8. The quantitative estimate of drug-likeness (QED) is 0.0356. The number of hydrogen-bond acceptors (Lipinski definition) is 11. The molecule has 15 N–H and O–H groups in total. The zero-order valence-corrected chi connectivity index (χ0v) is 26.2. The lowest BCUT2D eigenvalue weighted by atomic mass is 10.1. The number of primary amides is 1. The van der Waals surface area contributed by atoms with Gasteiger partial charge in [-0.05, 0) is 25.7 Å². The van der Waals surface area contributed by atoms with Gasteiger partial charge in [0.2, 0.25) is 35.4 Å². The fourth-order valence-corrected chi connectivity index (χ4v) is 4.11.